The molecule has 0 radical (unpaired) electrons. The van der Waals surface area contributed by atoms with Gasteiger partial charge in [0.2, 0.25) is 0 Å². The van der Waals surface area contributed by atoms with Gasteiger partial charge in [0.15, 0.2) is 6.10 Å². The summed E-state index contributed by atoms with van der Waals surface area (Å²) in [6.07, 6.45) is 68.2. The summed E-state index contributed by atoms with van der Waals surface area (Å²) in [5.41, 5.74) is 0. The van der Waals surface area contributed by atoms with Crippen LogP contribution in [0.3, 0.4) is 0 Å². The fourth-order valence-corrected chi connectivity index (χ4v) is 10.6. The lowest BCUT2D eigenvalue weighted by atomic mass is 9.99. The molecule has 0 aromatic rings. The molecule has 0 aliphatic carbocycles. The van der Waals surface area contributed by atoms with Gasteiger partial charge in [-0.2, -0.15) is 0 Å². The summed E-state index contributed by atoms with van der Waals surface area (Å²) in [6.45, 7) is 11.5. The van der Waals surface area contributed by atoms with Crippen molar-refractivity contribution in [1.29, 1.82) is 0 Å². The van der Waals surface area contributed by atoms with Gasteiger partial charge < -0.3 is 14.2 Å². The summed E-state index contributed by atoms with van der Waals surface area (Å²) in [5, 5.41) is 0. The Balaban J connectivity index is 4.26. The van der Waals surface area contributed by atoms with Crippen LogP contribution >= 0.6 is 0 Å². The molecule has 74 heavy (non-hydrogen) atoms. The Morgan fingerprint density at radius 3 is 0.770 bits per heavy atom. The molecule has 0 aromatic heterocycles. The Labute approximate surface area is 463 Å². The molecule has 2 atom stereocenters. The molecular weight excluding hydrogens is 913 g/mol. The minimum absolute atomic E-state index is 0.0614. The van der Waals surface area contributed by atoms with E-state index < -0.39 is 6.10 Å². The number of carbonyl (C=O) groups is 3. The van der Waals surface area contributed by atoms with Crippen LogP contribution in [0.5, 0.6) is 0 Å². The van der Waals surface area contributed by atoms with Crippen molar-refractivity contribution in [1.82, 2.24) is 0 Å². The number of esters is 3. The molecule has 0 N–H and O–H groups in total. The number of unbranched alkanes of at least 4 members (excludes halogenated alkanes) is 46. The minimum atomic E-state index is -0.764. The predicted molar refractivity (Wildman–Crippen MR) is 321 cm³/mol. The van der Waals surface area contributed by atoms with Crippen molar-refractivity contribution in [2.24, 2.45) is 11.8 Å². The standard InChI is InChI=1S/C68H132O6/c1-6-8-9-10-11-12-13-14-21-28-33-38-43-48-53-58-66(69)72-61-65(62-73-67(70)59-54-49-44-39-34-29-24-20-19-22-26-31-36-41-46-51-56-63(3)4)74-68(71)60-55-50-45-40-35-30-25-18-16-15-17-23-27-32-37-42-47-52-57-64(5)7-2/h63-65H,6-62H2,1-5H3/t64?,65-/m0/s1. The van der Waals surface area contributed by atoms with Crippen molar-refractivity contribution in [2.45, 2.75) is 394 Å². The van der Waals surface area contributed by atoms with E-state index >= 15 is 0 Å². The summed E-state index contributed by atoms with van der Waals surface area (Å²) in [5.74, 6) is 0.935. The molecule has 0 saturated carbocycles. The first kappa shape index (κ1) is 72.4. The van der Waals surface area contributed by atoms with Crippen LogP contribution in [-0.4, -0.2) is 37.2 Å². The van der Waals surface area contributed by atoms with E-state index in [1.54, 1.807) is 0 Å². The Morgan fingerprint density at radius 2 is 0.514 bits per heavy atom. The zero-order valence-corrected chi connectivity index (χ0v) is 51.0. The molecule has 1 unspecified atom stereocenters. The van der Waals surface area contributed by atoms with Gasteiger partial charge in [0, 0.05) is 19.3 Å². The summed E-state index contributed by atoms with van der Waals surface area (Å²) >= 11 is 0. The second-order valence-electron chi connectivity index (χ2n) is 24.2. The normalized spacial score (nSPS) is 12.4. The Bertz CT molecular complexity index is 1140. The monoisotopic (exact) mass is 1050 g/mol. The number of ether oxygens (including phenoxy) is 3. The molecule has 0 aliphatic heterocycles. The number of rotatable bonds is 62. The first-order valence-electron chi connectivity index (χ1n) is 33.8. The van der Waals surface area contributed by atoms with Crippen LogP contribution in [0.1, 0.15) is 388 Å². The van der Waals surface area contributed by atoms with Gasteiger partial charge in [-0.15, -0.1) is 0 Å². The van der Waals surface area contributed by atoms with Crippen molar-refractivity contribution in [3.63, 3.8) is 0 Å². The average molecular weight is 1050 g/mol. The molecule has 0 rings (SSSR count). The van der Waals surface area contributed by atoms with E-state index in [1.807, 2.05) is 0 Å². The topological polar surface area (TPSA) is 78.9 Å². The minimum Gasteiger partial charge on any atom is -0.462 e. The third kappa shape index (κ3) is 59.7. The third-order valence-electron chi connectivity index (χ3n) is 16.1. The summed E-state index contributed by atoms with van der Waals surface area (Å²) < 4.78 is 17.0. The van der Waals surface area contributed by atoms with Crippen LogP contribution in [0.15, 0.2) is 0 Å². The molecule has 440 valence electrons. The van der Waals surface area contributed by atoms with Gasteiger partial charge in [0.1, 0.15) is 13.2 Å². The Hall–Kier alpha value is -1.59. The van der Waals surface area contributed by atoms with Crippen LogP contribution in [0.2, 0.25) is 0 Å². The highest BCUT2D eigenvalue weighted by Gasteiger charge is 2.20. The van der Waals surface area contributed by atoms with Crippen molar-refractivity contribution in [3.8, 4) is 0 Å². The molecule has 6 nitrogen and oxygen atoms in total. The highest BCUT2D eigenvalue weighted by Crippen LogP contribution is 2.20. The van der Waals surface area contributed by atoms with Crippen molar-refractivity contribution in [2.75, 3.05) is 13.2 Å². The van der Waals surface area contributed by atoms with Crippen molar-refractivity contribution in [3.05, 3.63) is 0 Å². The average Bonchev–Trinajstić information content (AvgIpc) is 3.39. The number of hydrogen-bond acceptors (Lipinski definition) is 6. The zero-order chi connectivity index (χ0) is 53.9. The molecule has 6 heteroatoms. The van der Waals surface area contributed by atoms with E-state index in [0.717, 1.165) is 69.6 Å². The molecule has 0 bridgehead atoms. The second kappa shape index (κ2) is 60.6. The molecule has 0 amide bonds. The summed E-state index contributed by atoms with van der Waals surface area (Å²) in [6, 6.07) is 0. The third-order valence-corrected chi connectivity index (χ3v) is 16.1. The van der Waals surface area contributed by atoms with E-state index in [4.69, 9.17) is 14.2 Å². The van der Waals surface area contributed by atoms with Crippen molar-refractivity contribution >= 4 is 17.9 Å². The molecule has 0 fully saturated rings. The van der Waals surface area contributed by atoms with Gasteiger partial charge in [-0.25, -0.2) is 0 Å². The molecule has 0 heterocycles. The van der Waals surface area contributed by atoms with Crippen LogP contribution < -0.4 is 0 Å². The van der Waals surface area contributed by atoms with Crippen LogP contribution in [0.4, 0.5) is 0 Å². The lowest BCUT2D eigenvalue weighted by Crippen LogP contribution is -2.30. The van der Waals surface area contributed by atoms with E-state index in [-0.39, 0.29) is 31.1 Å². The SMILES string of the molecule is CCCCCCCCCCCCCCCCCC(=O)OC[C@@H](COC(=O)CCCCCCCCCCCCCCCCCCC(C)C)OC(=O)CCCCCCCCCCCCCCCCCCCCC(C)CC. The van der Waals surface area contributed by atoms with Gasteiger partial charge in [-0.3, -0.25) is 14.4 Å². The van der Waals surface area contributed by atoms with Crippen LogP contribution in [0, 0.1) is 11.8 Å². The Kier molecular flexibility index (Phi) is 59.3. The maximum absolute atomic E-state index is 12.9. The molecular formula is C68H132O6. The summed E-state index contributed by atoms with van der Waals surface area (Å²) in [4.78, 5) is 38.4. The van der Waals surface area contributed by atoms with Gasteiger partial charge >= 0.3 is 17.9 Å². The second-order valence-corrected chi connectivity index (χ2v) is 24.2. The first-order chi connectivity index (χ1) is 36.3. The molecule has 0 saturated heterocycles. The Morgan fingerprint density at radius 1 is 0.284 bits per heavy atom. The van der Waals surface area contributed by atoms with Gasteiger partial charge in [-0.05, 0) is 31.1 Å². The van der Waals surface area contributed by atoms with Crippen LogP contribution in [0.25, 0.3) is 0 Å². The predicted octanol–water partition coefficient (Wildman–Crippen LogP) is 22.8. The summed E-state index contributed by atoms with van der Waals surface area (Å²) in [7, 11) is 0. The lowest BCUT2D eigenvalue weighted by molar-refractivity contribution is -0.167. The number of hydrogen-bond donors (Lipinski definition) is 0. The van der Waals surface area contributed by atoms with E-state index in [1.165, 1.54) is 276 Å². The first-order valence-corrected chi connectivity index (χ1v) is 33.8. The maximum Gasteiger partial charge on any atom is 0.306 e. The van der Waals surface area contributed by atoms with E-state index in [0.29, 0.717) is 19.3 Å². The zero-order valence-electron chi connectivity index (χ0n) is 51.0. The van der Waals surface area contributed by atoms with E-state index in [2.05, 4.69) is 34.6 Å². The molecule has 0 aromatic carbocycles. The van der Waals surface area contributed by atoms with Gasteiger partial charge in [0.05, 0.1) is 0 Å². The van der Waals surface area contributed by atoms with E-state index in [9.17, 15) is 14.4 Å². The highest BCUT2D eigenvalue weighted by atomic mass is 16.6. The fraction of sp³-hybridized carbons (Fsp3) is 0.956. The van der Waals surface area contributed by atoms with Crippen molar-refractivity contribution < 1.29 is 28.6 Å². The highest BCUT2D eigenvalue weighted by molar-refractivity contribution is 5.71. The maximum atomic E-state index is 12.9. The quantitative estimate of drug-likeness (QED) is 0.0343. The lowest BCUT2D eigenvalue weighted by Gasteiger charge is -2.18. The molecule has 0 spiro atoms. The van der Waals surface area contributed by atoms with Gasteiger partial charge in [-0.1, -0.05) is 349 Å². The fourth-order valence-electron chi connectivity index (χ4n) is 10.6. The molecule has 0 aliphatic rings. The van der Waals surface area contributed by atoms with Crippen LogP contribution in [-0.2, 0) is 28.6 Å². The largest absolute Gasteiger partial charge is 0.462 e. The number of carbonyl (C=O) groups excluding carboxylic acids is 3. The van der Waals surface area contributed by atoms with Gasteiger partial charge in [0.25, 0.3) is 0 Å². The smallest absolute Gasteiger partial charge is 0.306 e.